The SMILES string of the molecule is CCc1nc(C)c(CN2CCc3cc(OC)c(OC)cc3C2c2ccc(C(=O)N(CC)CC)cc2)[nH]1. The van der Waals surface area contributed by atoms with Crippen LogP contribution < -0.4 is 9.47 Å². The van der Waals surface area contributed by atoms with Gasteiger partial charge < -0.3 is 19.4 Å². The molecule has 1 aliphatic rings. The second-order valence-electron chi connectivity index (χ2n) is 9.23. The molecule has 0 radical (unpaired) electrons. The molecule has 4 rings (SSSR count). The summed E-state index contributed by atoms with van der Waals surface area (Å²) < 4.78 is 11.3. The van der Waals surface area contributed by atoms with Gasteiger partial charge in [-0.1, -0.05) is 19.1 Å². The summed E-state index contributed by atoms with van der Waals surface area (Å²) in [5.74, 6) is 2.56. The minimum absolute atomic E-state index is 0.0129. The van der Waals surface area contributed by atoms with Crippen molar-refractivity contribution in [3.8, 4) is 11.5 Å². The van der Waals surface area contributed by atoms with Crippen molar-refractivity contribution in [2.24, 2.45) is 0 Å². The summed E-state index contributed by atoms with van der Waals surface area (Å²) in [5, 5.41) is 0. The number of benzene rings is 2. The lowest BCUT2D eigenvalue weighted by Gasteiger charge is -2.38. The molecule has 2 heterocycles. The Morgan fingerprint density at radius 2 is 1.75 bits per heavy atom. The minimum Gasteiger partial charge on any atom is -0.493 e. The fourth-order valence-corrected chi connectivity index (χ4v) is 5.15. The van der Waals surface area contributed by atoms with Crippen molar-refractivity contribution >= 4 is 5.91 Å². The molecule has 1 unspecified atom stereocenters. The molecule has 1 aromatic heterocycles. The van der Waals surface area contributed by atoms with E-state index in [1.54, 1.807) is 14.2 Å². The van der Waals surface area contributed by atoms with Crippen molar-refractivity contribution < 1.29 is 14.3 Å². The van der Waals surface area contributed by atoms with Crippen molar-refractivity contribution in [1.82, 2.24) is 19.8 Å². The summed E-state index contributed by atoms with van der Waals surface area (Å²) in [6.07, 6.45) is 1.80. The molecule has 1 aliphatic heterocycles. The van der Waals surface area contributed by atoms with E-state index in [1.807, 2.05) is 30.9 Å². The van der Waals surface area contributed by atoms with Gasteiger partial charge in [-0.05, 0) is 68.1 Å². The Labute approximate surface area is 214 Å². The van der Waals surface area contributed by atoms with Gasteiger partial charge in [-0.25, -0.2) is 4.98 Å². The van der Waals surface area contributed by atoms with E-state index in [2.05, 4.69) is 53.0 Å². The van der Waals surface area contributed by atoms with Gasteiger partial charge in [0.25, 0.3) is 5.91 Å². The van der Waals surface area contributed by atoms with Gasteiger partial charge in [-0.2, -0.15) is 0 Å². The molecule has 0 saturated carbocycles. The number of hydrogen-bond acceptors (Lipinski definition) is 5. The summed E-state index contributed by atoms with van der Waals surface area (Å²) in [6.45, 7) is 11.3. The molecule has 1 N–H and O–H groups in total. The Kier molecular flexibility index (Phi) is 7.99. The molecular weight excluding hydrogens is 452 g/mol. The monoisotopic (exact) mass is 490 g/mol. The van der Waals surface area contributed by atoms with Gasteiger partial charge in [0, 0.05) is 38.2 Å². The Bertz CT molecular complexity index is 1200. The quantitative estimate of drug-likeness (QED) is 0.461. The Morgan fingerprint density at radius 3 is 2.33 bits per heavy atom. The fraction of sp³-hybridized carbons (Fsp3) is 0.448. The third-order valence-corrected chi connectivity index (χ3v) is 7.23. The van der Waals surface area contributed by atoms with Gasteiger partial charge in [0.15, 0.2) is 11.5 Å². The molecule has 7 nitrogen and oxygen atoms in total. The molecule has 0 spiro atoms. The highest BCUT2D eigenvalue weighted by Crippen LogP contribution is 2.41. The molecule has 0 saturated heterocycles. The number of amides is 1. The van der Waals surface area contributed by atoms with Crippen LogP contribution >= 0.6 is 0 Å². The van der Waals surface area contributed by atoms with Gasteiger partial charge in [0.1, 0.15) is 5.82 Å². The lowest BCUT2D eigenvalue weighted by Crippen LogP contribution is -2.36. The predicted molar refractivity (Wildman–Crippen MR) is 142 cm³/mol. The minimum atomic E-state index is 0.0129. The van der Waals surface area contributed by atoms with Crippen LogP contribution in [0.25, 0.3) is 0 Å². The third kappa shape index (κ3) is 4.98. The molecule has 36 heavy (non-hydrogen) atoms. The Morgan fingerprint density at radius 1 is 1.08 bits per heavy atom. The van der Waals surface area contributed by atoms with E-state index in [-0.39, 0.29) is 11.9 Å². The highest BCUT2D eigenvalue weighted by Gasteiger charge is 2.31. The highest BCUT2D eigenvalue weighted by atomic mass is 16.5. The molecule has 0 aliphatic carbocycles. The van der Waals surface area contributed by atoms with Crippen molar-refractivity contribution in [3.63, 3.8) is 0 Å². The van der Waals surface area contributed by atoms with Crippen LogP contribution in [-0.4, -0.2) is 59.5 Å². The first-order chi connectivity index (χ1) is 17.4. The van der Waals surface area contributed by atoms with E-state index in [0.717, 1.165) is 60.2 Å². The smallest absolute Gasteiger partial charge is 0.253 e. The van der Waals surface area contributed by atoms with E-state index in [4.69, 9.17) is 9.47 Å². The summed E-state index contributed by atoms with van der Waals surface area (Å²) >= 11 is 0. The molecule has 2 aromatic carbocycles. The molecule has 192 valence electrons. The number of carbonyl (C=O) groups is 1. The lowest BCUT2D eigenvalue weighted by molar-refractivity contribution is 0.0773. The maximum Gasteiger partial charge on any atom is 0.253 e. The van der Waals surface area contributed by atoms with Gasteiger partial charge >= 0.3 is 0 Å². The number of carbonyl (C=O) groups excluding carboxylic acids is 1. The number of aromatic amines is 1. The van der Waals surface area contributed by atoms with Crippen molar-refractivity contribution in [3.05, 3.63) is 75.9 Å². The number of rotatable bonds is 9. The number of aromatic nitrogens is 2. The number of hydrogen-bond donors (Lipinski definition) is 1. The topological polar surface area (TPSA) is 70.7 Å². The Balaban J connectivity index is 1.75. The van der Waals surface area contributed by atoms with E-state index in [0.29, 0.717) is 18.7 Å². The number of H-pyrrole nitrogens is 1. The van der Waals surface area contributed by atoms with Gasteiger partial charge in [0.05, 0.1) is 31.6 Å². The summed E-state index contributed by atoms with van der Waals surface area (Å²) in [4.78, 5) is 25.4. The van der Waals surface area contributed by atoms with Crippen LogP contribution in [0.4, 0.5) is 0 Å². The molecule has 1 amide bonds. The first-order valence-electron chi connectivity index (χ1n) is 12.9. The first kappa shape index (κ1) is 25.8. The molecule has 0 bridgehead atoms. The predicted octanol–water partition coefficient (Wildman–Crippen LogP) is 4.93. The normalized spacial score (nSPS) is 15.4. The van der Waals surface area contributed by atoms with Gasteiger partial charge in [0.2, 0.25) is 0 Å². The van der Waals surface area contributed by atoms with E-state index in [9.17, 15) is 4.79 Å². The van der Waals surface area contributed by atoms with E-state index >= 15 is 0 Å². The van der Waals surface area contributed by atoms with Crippen LogP contribution in [-0.2, 0) is 19.4 Å². The van der Waals surface area contributed by atoms with E-state index < -0.39 is 0 Å². The van der Waals surface area contributed by atoms with Crippen LogP contribution in [0.5, 0.6) is 11.5 Å². The largest absolute Gasteiger partial charge is 0.493 e. The van der Waals surface area contributed by atoms with Crippen LogP contribution in [0, 0.1) is 6.92 Å². The molecule has 0 fully saturated rings. The number of nitrogens with zero attached hydrogens (tertiary/aromatic N) is 3. The zero-order valence-corrected chi connectivity index (χ0v) is 22.4. The van der Waals surface area contributed by atoms with Crippen LogP contribution in [0.1, 0.15) is 71.1 Å². The van der Waals surface area contributed by atoms with Crippen molar-refractivity contribution in [1.29, 1.82) is 0 Å². The average molecular weight is 491 g/mol. The molecule has 7 heteroatoms. The number of imidazole rings is 1. The maximum atomic E-state index is 12.9. The summed E-state index contributed by atoms with van der Waals surface area (Å²) in [5.41, 5.74) is 6.52. The zero-order chi connectivity index (χ0) is 25.8. The molecular formula is C29H38N4O3. The number of methoxy groups -OCH3 is 2. The lowest BCUT2D eigenvalue weighted by atomic mass is 9.87. The number of nitrogens with one attached hydrogen (secondary N) is 1. The molecule has 3 aromatic rings. The molecule has 1 atom stereocenters. The average Bonchev–Trinajstić information content (AvgIpc) is 3.27. The highest BCUT2D eigenvalue weighted by molar-refractivity contribution is 5.94. The van der Waals surface area contributed by atoms with E-state index in [1.165, 1.54) is 11.1 Å². The van der Waals surface area contributed by atoms with Crippen LogP contribution in [0.2, 0.25) is 0 Å². The zero-order valence-electron chi connectivity index (χ0n) is 22.4. The maximum absolute atomic E-state index is 12.9. The summed E-state index contributed by atoms with van der Waals surface area (Å²) in [7, 11) is 3.35. The standard InChI is InChI=1S/C29H38N4O3/c1-7-27-30-19(4)24(31-27)18-33-15-14-22-16-25(35-5)26(36-6)17-23(22)28(33)20-10-12-21(13-11-20)29(34)32(8-2)9-3/h10-13,16-17,28H,7-9,14-15,18H2,1-6H3,(H,30,31). The summed E-state index contributed by atoms with van der Waals surface area (Å²) in [6, 6.07) is 12.3. The van der Waals surface area contributed by atoms with Crippen LogP contribution in [0.15, 0.2) is 36.4 Å². The van der Waals surface area contributed by atoms with Crippen molar-refractivity contribution in [2.75, 3.05) is 33.9 Å². The second kappa shape index (κ2) is 11.2. The third-order valence-electron chi connectivity index (χ3n) is 7.23. The van der Waals surface area contributed by atoms with Crippen LogP contribution in [0.3, 0.4) is 0 Å². The number of aryl methyl sites for hydroxylation is 2. The number of ether oxygens (including phenoxy) is 2. The Hall–Kier alpha value is -3.32. The fourth-order valence-electron chi connectivity index (χ4n) is 5.15. The number of fused-ring (bicyclic) bond motifs is 1. The second-order valence-corrected chi connectivity index (χ2v) is 9.23. The first-order valence-corrected chi connectivity index (χ1v) is 12.9. The van der Waals surface area contributed by atoms with Crippen molar-refractivity contribution in [2.45, 2.75) is 53.1 Å². The van der Waals surface area contributed by atoms with Gasteiger partial charge in [-0.3, -0.25) is 9.69 Å². The van der Waals surface area contributed by atoms with Gasteiger partial charge in [-0.15, -0.1) is 0 Å².